The molecule has 7 heteroatoms. The van der Waals surface area contributed by atoms with Gasteiger partial charge in [-0.15, -0.1) is 11.3 Å². The average molecular weight is 349 g/mol. The summed E-state index contributed by atoms with van der Waals surface area (Å²) in [5, 5.41) is 8.69. The van der Waals surface area contributed by atoms with E-state index in [1.165, 1.54) is 0 Å². The van der Waals surface area contributed by atoms with Crippen molar-refractivity contribution in [3.8, 4) is 11.5 Å². The standard InChI is InChI=1S/C17H23N3O3S/c1-11(15-10-24-12(2)20-15)19-17(21)18-8-7-13-9-14(22-3)5-6-16(13)23-4/h5-6,9-11H,7-8H2,1-4H3,(H2,18,19,21). The molecule has 0 aliphatic carbocycles. The second-order valence-corrected chi connectivity index (χ2v) is 6.40. The zero-order valence-electron chi connectivity index (χ0n) is 14.4. The van der Waals surface area contributed by atoms with Gasteiger partial charge in [0.1, 0.15) is 11.5 Å². The van der Waals surface area contributed by atoms with Gasteiger partial charge in [0.05, 0.1) is 31.0 Å². The number of hydrogen-bond acceptors (Lipinski definition) is 5. The second kappa shape index (κ2) is 8.54. The number of amides is 2. The lowest BCUT2D eigenvalue weighted by Crippen LogP contribution is -2.38. The fourth-order valence-corrected chi connectivity index (χ4v) is 2.99. The number of nitrogens with one attached hydrogen (secondary N) is 2. The molecule has 0 spiro atoms. The number of aryl methyl sites for hydroxylation is 1. The minimum absolute atomic E-state index is 0.124. The Morgan fingerprint density at radius 1 is 1.33 bits per heavy atom. The molecule has 0 fully saturated rings. The second-order valence-electron chi connectivity index (χ2n) is 5.34. The summed E-state index contributed by atoms with van der Waals surface area (Å²) in [6.07, 6.45) is 0.651. The van der Waals surface area contributed by atoms with Crippen LogP contribution in [0.2, 0.25) is 0 Å². The van der Waals surface area contributed by atoms with E-state index in [1.807, 2.05) is 37.4 Å². The Labute approximate surface area is 146 Å². The highest BCUT2D eigenvalue weighted by atomic mass is 32.1. The summed E-state index contributed by atoms with van der Waals surface area (Å²) in [5.74, 6) is 1.55. The molecule has 1 heterocycles. The van der Waals surface area contributed by atoms with Crippen LogP contribution in [0.25, 0.3) is 0 Å². The fraction of sp³-hybridized carbons (Fsp3) is 0.412. The fourth-order valence-electron chi connectivity index (χ4n) is 2.29. The summed E-state index contributed by atoms with van der Waals surface area (Å²) in [4.78, 5) is 16.4. The summed E-state index contributed by atoms with van der Waals surface area (Å²) in [5.41, 5.74) is 1.86. The number of nitrogens with zero attached hydrogens (tertiary/aromatic N) is 1. The van der Waals surface area contributed by atoms with Crippen LogP contribution >= 0.6 is 11.3 Å². The van der Waals surface area contributed by atoms with Crippen LogP contribution in [0.1, 0.15) is 29.2 Å². The van der Waals surface area contributed by atoms with Crippen molar-refractivity contribution in [2.24, 2.45) is 0 Å². The first kappa shape index (κ1) is 18.1. The van der Waals surface area contributed by atoms with Crippen molar-refractivity contribution < 1.29 is 14.3 Å². The van der Waals surface area contributed by atoms with Crippen LogP contribution in [-0.4, -0.2) is 31.8 Å². The SMILES string of the molecule is COc1ccc(OC)c(CCNC(=O)NC(C)c2csc(C)n2)c1. The summed E-state index contributed by atoms with van der Waals surface area (Å²) in [7, 11) is 3.25. The van der Waals surface area contributed by atoms with Crippen molar-refractivity contribution in [3.05, 3.63) is 39.8 Å². The van der Waals surface area contributed by atoms with Gasteiger partial charge in [0, 0.05) is 11.9 Å². The van der Waals surface area contributed by atoms with E-state index in [0.717, 1.165) is 27.8 Å². The maximum absolute atomic E-state index is 12.0. The topological polar surface area (TPSA) is 72.5 Å². The maximum Gasteiger partial charge on any atom is 0.315 e. The van der Waals surface area contributed by atoms with E-state index in [9.17, 15) is 4.79 Å². The van der Waals surface area contributed by atoms with Crippen LogP contribution < -0.4 is 20.1 Å². The van der Waals surface area contributed by atoms with E-state index < -0.39 is 0 Å². The molecule has 0 saturated heterocycles. The van der Waals surface area contributed by atoms with Crippen LogP contribution in [-0.2, 0) is 6.42 Å². The molecule has 1 aromatic heterocycles. The molecule has 1 unspecified atom stereocenters. The lowest BCUT2D eigenvalue weighted by atomic mass is 10.1. The summed E-state index contributed by atoms with van der Waals surface area (Å²) in [6.45, 7) is 4.36. The number of aromatic nitrogens is 1. The number of carbonyl (C=O) groups excluding carboxylic acids is 1. The monoisotopic (exact) mass is 349 g/mol. The van der Waals surface area contributed by atoms with Crippen LogP contribution in [0, 0.1) is 6.92 Å². The van der Waals surface area contributed by atoms with E-state index >= 15 is 0 Å². The number of rotatable bonds is 7. The number of benzene rings is 1. The molecular formula is C17H23N3O3S. The molecule has 0 saturated carbocycles. The average Bonchev–Trinajstić information content (AvgIpc) is 3.01. The number of thiazole rings is 1. The number of carbonyl (C=O) groups is 1. The van der Waals surface area contributed by atoms with Crippen molar-refractivity contribution in [1.29, 1.82) is 0 Å². The molecule has 130 valence electrons. The molecule has 1 atom stereocenters. The normalized spacial score (nSPS) is 11.7. The van der Waals surface area contributed by atoms with Crippen LogP contribution in [0.3, 0.4) is 0 Å². The Bertz CT molecular complexity index is 687. The Balaban J connectivity index is 1.84. The zero-order valence-corrected chi connectivity index (χ0v) is 15.2. The summed E-state index contributed by atoms with van der Waals surface area (Å²) < 4.78 is 10.6. The number of ether oxygens (including phenoxy) is 2. The lowest BCUT2D eigenvalue weighted by molar-refractivity contribution is 0.238. The lowest BCUT2D eigenvalue weighted by Gasteiger charge is -2.14. The van der Waals surface area contributed by atoms with Gasteiger partial charge in [-0.2, -0.15) is 0 Å². The van der Waals surface area contributed by atoms with Gasteiger partial charge in [-0.3, -0.25) is 0 Å². The highest BCUT2D eigenvalue weighted by Gasteiger charge is 2.12. The summed E-state index contributed by atoms with van der Waals surface area (Å²) >= 11 is 1.57. The van der Waals surface area contributed by atoms with Crippen molar-refractivity contribution in [2.45, 2.75) is 26.3 Å². The molecule has 0 radical (unpaired) electrons. The van der Waals surface area contributed by atoms with Gasteiger partial charge in [0.15, 0.2) is 0 Å². The first-order valence-corrected chi connectivity index (χ1v) is 8.58. The van der Waals surface area contributed by atoms with E-state index in [1.54, 1.807) is 25.6 Å². The molecule has 0 aliphatic heterocycles. The molecule has 2 amide bonds. The number of hydrogen-bond donors (Lipinski definition) is 2. The molecule has 24 heavy (non-hydrogen) atoms. The van der Waals surface area contributed by atoms with Gasteiger partial charge in [-0.1, -0.05) is 0 Å². The highest BCUT2D eigenvalue weighted by Crippen LogP contribution is 2.24. The molecular weight excluding hydrogens is 326 g/mol. The van der Waals surface area contributed by atoms with E-state index in [0.29, 0.717) is 13.0 Å². The predicted molar refractivity (Wildman–Crippen MR) is 95.1 cm³/mol. The molecule has 2 rings (SSSR count). The van der Waals surface area contributed by atoms with E-state index in [-0.39, 0.29) is 12.1 Å². The summed E-state index contributed by atoms with van der Waals surface area (Å²) in [6, 6.07) is 5.29. The minimum Gasteiger partial charge on any atom is -0.497 e. The van der Waals surface area contributed by atoms with Crippen molar-refractivity contribution >= 4 is 17.4 Å². The molecule has 0 aliphatic rings. The molecule has 0 bridgehead atoms. The van der Waals surface area contributed by atoms with Gasteiger partial charge in [0.2, 0.25) is 0 Å². The number of urea groups is 1. The van der Waals surface area contributed by atoms with Crippen molar-refractivity contribution in [1.82, 2.24) is 15.6 Å². The Hall–Kier alpha value is -2.28. The van der Waals surface area contributed by atoms with E-state index in [2.05, 4.69) is 15.6 Å². The Morgan fingerprint density at radius 3 is 2.75 bits per heavy atom. The van der Waals surface area contributed by atoms with Crippen LogP contribution in [0.4, 0.5) is 4.79 Å². The molecule has 6 nitrogen and oxygen atoms in total. The Morgan fingerprint density at radius 2 is 2.12 bits per heavy atom. The molecule has 2 aromatic rings. The third-order valence-electron chi connectivity index (χ3n) is 3.60. The van der Waals surface area contributed by atoms with Gasteiger partial charge in [0.25, 0.3) is 0 Å². The molecule has 2 N–H and O–H groups in total. The van der Waals surface area contributed by atoms with Gasteiger partial charge in [-0.05, 0) is 44.0 Å². The largest absolute Gasteiger partial charge is 0.497 e. The quantitative estimate of drug-likeness (QED) is 0.806. The first-order valence-electron chi connectivity index (χ1n) is 7.70. The maximum atomic E-state index is 12.0. The van der Waals surface area contributed by atoms with Gasteiger partial charge < -0.3 is 20.1 Å². The third kappa shape index (κ3) is 4.86. The zero-order chi connectivity index (χ0) is 17.5. The van der Waals surface area contributed by atoms with Crippen molar-refractivity contribution in [3.63, 3.8) is 0 Å². The smallest absolute Gasteiger partial charge is 0.315 e. The molecule has 1 aromatic carbocycles. The van der Waals surface area contributed by atoms with Gasteiger partial charge in [-0.25, -0.2) is 9.78 Å². The van der Waals surface area contributed by atoms with Crippen LogP contribution in [0.15, 0.2) is 23.6 Å². The predicted octanol–water partition coefficient (Wildman–Crippen LogP) is 3.07. The Kier molecular flexibility index (Phi) is 6.43. The first-order chi connectivity index (χ1) is 11.5. The highest BCUT2D eigenvalue weighted by molar-refractivity contribution is 7.09. The van der Waals surface area contributed by atoms with E-state index in [4.69, 9.17) is 9.47 Å². The number of methoxy groups -OCH3 is 2. The van der Waals surface area contributed by atoms with Crippen molar-refractivity contribution in [2.75, 3.05) is 20.8 Å². The third-order valence-corrected chi connectivity index (χ3v) is 4.39. The van der Waals surface area contributed by atoms with Gasteiger partial charge >= 0.3 is 6.03 Å². The van der Waals surface area contributed by atoms with Crippen LogP contribution in [0.5, 0.6) is 11.5 Å². The minimum atomic E-state index is -0.213.